The van der Waals surface area contributed by atoms with E-state index in [4.69, 9.17) is 0 Å². The predicted octanol–water partition coefficient (Wildman–Crippen LogP) is 26.9. The summed E-state index contributed by atoms with van der Waals surface area (Å²) in [4.78, 5) is 0. The van der Waals surface area contributed by atoms with Gasteiger partial charge in [-0.3, -0.25) is 0 Å². The van der Waals surface area contributed by atoms with Crippen LogP contribution in [-0.4, -0.2) is 250 Å². The molecule has 0 aromatic heterocycles. The summed E-state index contributed by atoms with van der Waals surface area (Å²) in [5.41, 5.74) is -39.8. The number of halogens is 76. The summed E-state index contributed by atoms with van der Waals surface area (Å²) in [5.74, 6) is -247. The van der Waals surface area contributed by atoms with E-state index in [-0.39, 0.29) is 29.6 Å². The molecular weight excluding hydrogens is 2010 g/mol. The first-order valence-corrected chi connectivity index (χ1v) is 27.4. The van der Waals surface area contributed by atoms with Gasteiger partial charge in [-0.2, -0.15) is 341 Å². The third-order valence-corrected chi connectivity index (χ3v) is 17.3. The van der Waals surface area contributed by atoms with E-state index in [1.54, 1.807) is 0 Å². The molecule has 0 bridgehead atoms. The molecule has 0 aromatic rings. The van der Waals surface area contributed by atoms with Crippen molar-refractivity contribution in [1.82, 2.24) is 0 Å². The molecule has 0 spiro atoms. The van der Waals surface area contributed by atoms with Gasteiger partial charge in [0.25, 0.3) is 0 Å². The van der Waals surface area contributed by atoms with Crippen molar-refractivity contribution in [2.24, 2.45) is 0 Å². The first-order valence-electron chi connectivity index (χ1n) is 27.4. The summed E-state index contributed by atoms with van der Waals surface area (Å²) in [6, 6.07) is 0. The molecule has 0 saturated carbocycles. The SMILES string of the molecule is FC(F)(F)C(F)(C(F)(F)F)C(F)(F)C(F)(F)C(F)(F)C(F)(F)C(F)(F)C(F)(F)CC[B-](CCC(F)(F)C(F)(F)C(F)(F)C(F)(F)C(F)(F)C(F)(F)C(F)(C(F)(F)F)C(F)(F)F)(CCC(F)(F)C(F)(F)C(F)(F)C(F)(F)C(F)(F)C(F)(F)C(F)(C(F)(F)F)C(F)(F)F)CCC(F)(F)C(F)(F)C(F)(F)C(F)(F)C(F)(F)C(F)(F)C(F)(C(F)(F)F)C(F)(F)F.[NaH]. The van der Waals surface area contributed by atoms with Gasteiger partial charge in [0.2, 0.25) is 0 Å². The van der Waals surface area contributed by atoms with E-state index < -0.39 is 271 Å². The van der Waals surface area contributed by atoms with Gasteiger partial charge in [0.05, 0.1) is 0 Å². The molecule has 0 radical (unpaired) electrons. The molecule has 0 aliphatic carbocycles. The zero-order valence-electron chi connectivity index (χ0n) is 53.0. The second kappa shape index (κ2) is 30.7. The van der Waals surface area contributed by atoms with Crippen molar-refractivity contribution < 1.29 is 334 Å². The first kappa shape index (κ1) is 120. The summed E-state index contributed by atoms with van der Waals surface area (Å²) >= 11 is 0. The monoisotopic (exact) mass is 2020 g/mol. The second-order valence-electron chi connectivity index (χ2n) is 24.8. The van der Waals surface area contributed by atoms with Crippen LogP contribution in [0.1, 0.15) is 25.7 Å². The van der Waals surface area contributed by atoms with E-state index in [0.29, 0.717) is 0 Å². The average Bonchev–Trinajstić information content (AvgIpc) is 0.695. The molecule has 0 atom stereocenters. The van der Waals surface area contributed by atoms with Gasteiger partial charge in [-0.15, -0.1) is 0 Å². The van der Waals surface area contributed by atoms with Crippen LogP contribution in [0, 0.1) is 0 Å². The fourth-order valence-corrected chi connectivity index (χ4v) is 9.66. The Hall–Kier alpha value is -4.26. The third kappa shape index (κ3) is 15.7. The van der Waals surface area contributed by atoms with E-state index in [0.717, 1.165) is 0 Å². The van der Waals surface area contributed by atoms with Gasteiger partial charge in [-0.1, -0.05) is 0 Å². The number of hydrogen-bond acceptors (Lipinski definition) is 0. The van der Waals surface area contributed by atoms with Gasteiger partial charge in [0.1, 0.15) is 0 Å². The van der Waals surface area contributed by atoms with Gasteiger partial charge >= 0.3 is 244 Å². The average molecular weight is 2020 g/mol. The normalized spacial score (nSPS) is 17.2. The van der Waals surface area contributed by atoms with Crippen LogP contribution in [-0.2, 0) is 0 Å². The van der Waals surface area contributed by atoms with Crippen molar-refractivity contribution in [3.05, 3.63) is 0 Å². The molecule has 0 amide bonds. The van der Waals surface area contributed by atoms with Crippen molar-refractivity contribution >= 4 is 35.7 Å². The molecule has 0 heterocycles. The number of hydrogen-bond donors (Lipinski definition) is 0. The standard InChI is InChI=1S/C44H16BF76.Na.H/c46-9(47,17(58,59)25(74,75)33(90,91)29(82,83)21(66,67)13(54,37(98,99)100)38(101,102)103)1-5-45(6-2-10(48,49)18(60,61)26(76,77)34(92,93)30(84,85)22(68,69)14(55,39(104,105)106)40(107,108)109,7-3-11(50,51)19(62,63)27(78,79)35(94,95)31(86,87)23(70,71)15(56,41(110,111)112)42(113,114)115)8-4-12(52,53)20(64,65)28(80,81)36(96,97)32(88,89)24(72,73)16(57,43(116,117)118)44(119,120)121;;/h1-8H2;;/q-1;;. The second-order valence-corrected chi connectivity index (χ2v) is 24.8. The quantitative estimate of drug-likeness (QED) is 0.0433. The van der Waals surface area contributed by atoms with Crippen molar-refractivity contribution in [3.63, 3.8) is 0 Å². The van der Waals surface area contributed by atoms with Crippen molar-refractivity contribution in [1.29, 1.82) is 0 Å². The van der Waals surface area contributed by atoms with Crippen LogP contribution >= 0.6 is 0 Å². The van der Waals surface area contributed by atoms with Gasteiger partial charge in [-0.05, 0) is 25.7 Å². The Bertz CT molecular complexity index is 3040. The molecule has 0 saturated heterocycles. The minimum atomic E-state index is -10.6. The molecule has 730 valence electrons. The van der Waals surface area contributed by atoms with E-state index in [2.05, 4.69) is 0 Å². The van der Waals surface area contributed by atoms with Crippen LogP contribution in [0.2, 0.25) is 25.3 Å². The maximum absolute atomic E-state index is 15.6. The fraction of sp³-hybridized carbons (Fsp3) is 1.00. The zero-order valence-corrected chi connectivity index (χ0v) is 53.0. The molecule has 0 nitrogen and oxygen atoms in total. The Labute approximate surface area is 634 Å². The van der Waals surface area contributed by atoms with Crippen LogP contribution in [0.4, 0.5) is 334 Å². The predicted molar refractivity (Wildman–Crippen MR) is 233 cm³/mol. The van der Waals surface area contributed by atoms with Crippen LogP contribution in [0.3, 0.4) is 0 Å². The van der Waals surface area contributed by atoms with E-state index in [1.807, 2.05) is 0 Å². The maximum atomic E-state index is 15.6. The van der Waals surface area contributed by atoms with E-state index in [1.165, 1.54) is 0 Å². The molecule has 0 unspecified atom stereocenters. The Morgan fingerprint density at radius 2 is 0.180 bits per heavy atom. The Morgan fingerprint density at radius 3 is 0.262 bits per heavy atom. The fourth-order valence-electron chi connectivity index (χ4n) is 9.66. The summed E-state index contributed by atoms with van der Waals surface area (Å²) in [6.45, 7) is 0. The Morgan fingerprint density at radius 1 is 0.107 bits per heavy atom. The van der Waals surface area contributed by atoms with Crippen LogP contribution < -0.4 is 0 Å². The molecule has 0 fully saturated rings. The van der Waals surface area contributed by atoms with Gasteiger partial charge in [0, 0.05) is 6.15 Å². The molecule has 0 aliphatic heterocycles. The summed E-state index contributed by atoms with van der Waals surface area (Å²) in [6.07, 6.45) is -128. The zero-order chi connectivity index (χ0) is 100. The Kier molecular flexibility index (Phi) is 30.1. The molecule has 0 N–H and O–H groups in total. The van der Waals surface area contributed by atoms with Crippen LogP contribution in [0.15, 0.2) is 0 Å². The number of alkyl halides is 76. The van der Waals surface area contributed by atoms with Gasteiger partial charge < -0.3 is 0 Å². The van der Waals surface area contributed by atoms with E-state index >= 15 is 70.2 Å². The van der Waals surface area contributed by atoms with Gasteiger partial charge in [0.15, 0.2) is 0 Å². The van der Waals surface area contributed by atoms with E-state index in [9.17, 15) is 263 Å². The topological polar surface area (TPSA) is 0 Å². The van der Waals surface area contributed by atoms with Gasteiger partial charge in [-0.25, -0.2) is 17.6 Å². The van der Waals surface area contributed by atoms with Crippen molar-refractivity contribution in [3.8, 4) is 0 Å². The summed E-state index contributed by atoms with van der Waals surface area (Å²) in [5, 5.41) is 0. The number of rotatable bonds is 36. The van der Waals surface area contributed by atoms with Crippen LogP contribution in [0.5, 0.6) is 0 Å². The molecular formula is C44H17BF76Na-. The van der Waals surface area contributed by atoms with Crippen LogP contribution in [0.25, 0.3) is 0 Å². The molecule has 0 aliphatic rings. The summed E-state index contributed by atoms with van der Waals surface area (Å²) in [7, 11) is 0. The summed E-state index contributed by atoms with van der Waals surface area (Å²) < 4.78 is 1080. The molecule has 0 rings (SSSR count). The van der Waals surface area contributed by atoms with Crippen molar-refractivity contribution in [2.45, 2.75) is 265 Å². The molecule has 0 aromatic carbocycles. The molecule has 122 heavy (non-hydrogen) atoms. The van der Waals surface area contributed by atoms with Crippen molar-refractivity contribution in [2.75, 3.05) is 0 Å². The molecule has 78 heteroatoms. The third-order valence-electron chi connectivity index (χ3n) is 17.3. The minimum absolute atomic E-state index is 0. The Balaban J connectivity index is 0. The first-order chi connectivity index (χ1) is 50.8.